The van der Waals surface area contributed by atoms with Gasteiger partial charge < -0.3 is 24.4 Å². The minimum absolute atomic E-state index is 0.0960. The van der Waals surface area contributed by atoms with E-state index in [1.807, 2.05) is 18.4 Å². The summed E-state index contributed by atoms with van der Waals surface area (Å²) in [5.74, 6) is -0.453. The van der Waals surface area contributed by atoms with Gasteiger partial charge in [0.25, 0.3) is 0 Å². The fourth-order valence-corrected chi connectivity index (χ4v) is 3.46. The van der Waals surface area contributed by atoms with Gasteiger partial charge in [-0.05, 0) is 61.1 Å². The first-order valence-corrected chi connectivity index (χ1v) is 11.6. The number of allylic oxidation sites excluding steroid dienone is 1. The molecule has 0 aliphatic rings. The molecule has 0 spiro atoms. The molecule has 2 rings (SSSR count). The summed E-state index contributed by atoms with van der Waals surface area (Å²) < 4.78 is 16.7. The number of thioether (sulfide) groups is 1. The molecular formula is C24H29NO7S. The van der Waals surface area contributed by atoms with Crippen molar-refractivity contribution in [1.29, 1.82) is 0 Å². The molecule has 2 atom stereocenters. The Bertz CT molecular complexity index is 900. The third-order valence-corrected chi connectivity index (χ3v) is 5.40. The second-order valence-electron chi connectivity index (χ2n) is 6.91. The van der Waals surface area contributed by atoms with Gasteiger partial charge in [0.2, 0.25) is 0 Å². The van der Waals surface area contributed by atoms with Crippen molar-refractivity contribution in [2.24, 2.45) is 0 Å². The number of carbonyl (C=O) groups excluding carboxylic acids is 1. The predicted octanol–water partition coefficient (Wildman–Crippen LogP) is 4.51. The molecule has 0 aromatic heterocycles. The molecule has 33 heavy (non-hydrogen) atoms. The van der Waals surface area contributed by atoms with Crippen LogP contribution in [0.5, 0.6) is 5.75 Å². The van der Waals surface area contributed by atoms with E-state index in [4.69, 9.17) is 24.4 Å². The first kappa shape index (κ1) is 26.2. The lowest BCUT2D eigenvalue weighted by molar-refractivity contribution is -0.131. The van der Waals surface area contributed by atoms with Crippen molar-refractivity contribution in [2.45, 2.75) is 29.9 Å². The first-order chi connectivity index (χ1) is 16.0. The molecule has 0 radical (unpaired) electrons. The minimum Gasteiger partial charge on any atom is -0.491 e. The normalized spacial score (nSPS) is 12.8. The van der Waals surface area contributed by atoms with Gasteiger partial charge in [-0.1, -0.05) is 18.2 Å². The number of aliphatic hydroxyl groups excluding tert-OH is 1. The van der Waals surface area contributed by atoms with Crippen LogP contribution in [0.2, 0.25) is 0 Å². The van der Waals surface area contributed by atoms with E-state index >= 15 is 0 Å². The molecule has 0 saturated carbocycles. The molecule has 0 fully saturated rings. The Labute approximate surface area is 197 Å². The standard InChI is InChI=1S/C24H29NO7S/c1-30-21(5-3-4-6-22(27)28)23(17-7-11-19(12-8-17)31-16-15-26)32-24(29)25-18-9-13-20(33-2)14-10-18/h4,6-14,21,23,26H,3,5,15-16H2,1-2H3,(H,25,29)(H,27,28)/b6-4+/t21-,23-/m1/s1. The van der Waals surface area contributed by atoms with Gasteiger partial charge in [0.05, 0.1) is 12.7 Å². The van der Waals surface area contributed by atoms with Crippen LogP contribution in [0.3, 0.4) is 0 Å². The number of benzene rings is 2. The number of hydrogen-bond donors (Lipinski definition) is 3. The summed E-state index contributed by atoms with van der Waals surface area (Å²) in [7, 11) is 1.51. The van der Waals surface area contributed by atoms with E-state index in [1.54, 1.807) is 48.2 Å². The highest BCUT2D eigenvalue weighted by atomic mass is 32.2. The van der Waals surface area contributed by atoms with Crippen LogP contribution in [-0.2, 0) is 14.3 Å². The average Bonchev–Trinajstić information content (AvgIpc) is 2.82. The van der Waals surface area contributed by atoms with Gasteiger partial charge >= 0.3 is 12.1 Å². The van der Waals surface area contributed by atoms with E-state index in [1.165, 1.54) is 13.2 Å². The van der Waals surface area contributed by atoms with Gasteiger partial charge in [0.1, 0.15) is 12.4 Å². The number of hydrogen-bond acceptors (Lipinski definition) is 7. The van der Waals surface area contributed by atoms with Crippen LogP contribution < -0.4 is 10.1 Å². The van der Waals surface area contributed by atoms with Crippen LogP contribution in [0.4, 0.5) is 10.5 Å². The first-order valence-electron chi connectivity index (χ1n) is 10.3. The third kappa shape index (κ3) is 9.17. The summed E-state index contributed by atoms with van der Waals surface area (Å²) in [6, 6.07) is 14.3. The quantitative estimate of drug-likeness (QED) is 0.286. The lowest BCUT2D eigenvalue weighted by Gasteiger charge is -2.26. The number of amides is 1. The van der Waals surface area contributed by atoms with Gasteiger partial charge in [-0.15, -0.1) is 11.8 Å². The number of aliphatic hydroxyl groups is 1. The van der Waals surface area contributed by atoms with Crippen molar-refractivity contribution >= 4 is 29.5 Å². The Morgan fingerprint density at radius 2 is 1.82 bits per heavy atom. The monoisotopic (exact) mass is 475 g/mol. The van der Waals surface area contributed by atoms with E-state index in [-0.39, 0.29) is 13.2 Å². The van der Waals surface area contributed by atoms with Gasteiger partial charge in [-0.25, -0.2) is 9.59 Å². The summed E-state index contributed by atoms with van der Waals surface area (Å²) in [6.45, 7) is 0.0782. The number of methoxy groups -OCH3 is 1. The highest BCUT2D eigenvalue weighted by molar-refractivity contribution is 7.98. The number of carboxylic acids is 1. The SMILES string of the molecule is CO[C@H](CC/C=C/C(=O)O)[C@H](OC(=O)Nc1ccc(SC)cc1)c1ccc(OCCO)cc1. The topological polar surface area (TPSA) is 114 Å². The zero-order valence-electron chi connectivity index (χ0n) is 18.6. The Hall–Kier alpha value is -3.01. The largest absolute Gasteiger partial charge is 0.491 e. The number of carbonyl (C=O) groups is 2. The molecule has 2 aromatic rings. The van der Waals surface area contributed by atoms with Crippen molar-refractivity contribution in [3.63, 3.8) is 0 Å². The van der Waals surface area contributed by atoms with Crippen LogP contribution in [0.15, 0.2) is 65.6 Å². The van der Waals surface area contributed by atoms with E-state index in [0.717, 1.165) is 11.0 Å². The summed E-state index contributed by atoms with van der Waals surface area (Å²) >= 11 is 1.60. The molecular weight excluding hydrogens is 446 g/mol. The Morgan fingerprint density at radius 1 is 1.12 bits per heavy atom. The lowest BCUT2D eigenvalue weighted by atomic mass is 10.00. The molecule has 2 aromatic carbocycles. The molecule has 8 nitrogen and oxygen atoms in total. The average molecular weight is 476 g/mol. The fraction of sp³-hybridized carbons (Fsp3) is 0.333. The van der Waals surface area contributed by atoms with Crippen LogP contribution in [0, 0.1) is 0 Å². The van der Waals surface area contributed by atoms with Gasteiger partial charge in [0, 0.05) is 23.8 Å². The van der Waals surface area contributed by atoms with Crippen LogP contribution >= 0.6 is 11.8 Å². The number of carboxylic acid groups (broad SMARTS) is 1. The second-order valence-corrected chi connectivity index (χ2v) is 7.79. The number of ether oxygens (including phenoxy) is 3. The van der Waals surface area contributed by atoms with Gasteiger partial charge in [0.15, 0.2) is 6.10 Å². The molecule has 0 unspecified atom stereocenters. The van der Waals surface area contributed by atoms with E-state index < -0.39 is 24.3 Å². The molecule has 1 amide bonds. The summed E-state index contributed by atoms with van der Waals surface area (Å²) in [4.78, 5) is 24.4. The smallest absolute Gasteiger partial charge is 0.412 e. The van der Waals surface area contributed by atoms with E-state index in [2.05, 4.69) is 5.32 Å². The Morgan fingerprint density at radius 3 is 2.39 bits per heavy atom. The van der Waals surface area contributed by atoms with Crippen molar-refractivity contribution in [3.05, 3.63) is 66.2 Å². The maximum absolute atomic E-state index is 12.7. The number of rotatable bonds is 13. The van der Waals surface area contributed by atoms with E-state index in [0.29, 0.717) is 29.8 Å². The van der Waals surface area contributed by atoms with Crippen molar-refractivity contribution < 1.29 is 34.0 Å². The zero-order chi connectivity index (χ0) is 24.1. The third-order valence-electron chi connectivity index (χ3n) is 4.66. The molecule has 0 bridgehead atoms. The fourth-order valence-electron chi connectivity index (χ4n) is 3.05. The Kier molecular flexibility index (Phi) is 11.3. The predicted molar refractivity (Wildman–Crippen MR) is 127 cm³/mol. The maximum Gasteiger partial charge on any atom is 0.412 e. The molecule has 0 heterocycles. The number of anilines is 1. The summed E-state index contributed by atoms with van der Waals surface area (Å²) in [5.41, 5.74) is 1.29. The summed E-state index contributed by atoms with van der Waals surface area (Å²) in [5, 5.41) is 20.4. The number of nitrogens with one attached hydrogen (secondary N) is 1. The van der Waals surface area contributed by atoms with Crippen LogP contribution in [0.25, 0.3) is 0 Å². The summed E-state index contributed by atoms with van der Waals surface area (Å²) in [6.07, 6.45) is 3.54. The molecule has 3 N–H and O–H groups in total. The van der Waals surface area contributed by atoms with Crippen LogP contribution in [-0.4, -0.2) is 55.0 Å². The van der Waals surface area contributed by atoms with Gasteiger partial charge in [-0.3, -0.25) is 5.32 Å². The van der Waals surface area contributed by atoms with Crippen molar-refractivity contribution in [2.75, 3.05) is 31.9 Å². The molecule has 0 aliphatic heterocycles. The minimum atomic E-state index is -1.03. The molecule has 0 aliphatic carbocycles. The second kappa shape index (κ2) is 14.2. The van der Waals surface area contributed by atoms with Crippen LogP contribution in [0.1, 0.15) is 24.5 Å². The molecule has 0 saturated heterocycles. The lowest BCUT2D eigenvalue weighted by Crippen LogP contribution is -2.28. The molecule has 9 heteroatoms. The van der Waals surface area contributed by atoms with Crippen molar-refractivity contribution in [1.82, 2.24) is 0 Å². The van der Waals surface area contributed by atoms with Crippen molar-refractivity contribution in [3.8, 4) is 5.75 Å². The highest BCUT2D eigenvalue weighted by Crippen LogP contribution is 2.29. The van der Waals surface area contributed by atoms with E-state index in [9.17, 15) is 9.59 Å². The molecule has 178 valence electrons. The zero-order valence-corrected chi connectivity index (χ0v) is 19.4. The number of aliphatic carboxylic acids is 1. The maximum atomic E-state index is 12.7. The Balaban J connectivity index is 2.16. The van der Waals surface area contributed by atoms with Gasteiger partial charge in [-0.2, -0.15) is 0 Å². The highest BCUT2D eigenvalue weighted by Gasteiger charge is 2.27.